The summed E-state index contributed by atoms with van der Waals surface area (Å²) in [6.07, 6.45) is 2.31. The van der Waals surface area contributed by atoms with Crippen molar-refractivity contribution in [2.24, 2.45) is 0 Å². The first-order chi connectivity index (χ1) is 9.49. The minimum Gasteiger partial charge on any atom is -0.147 e. The lowest BCUT2D eigenvalue weighted by Gasteiger charge is -2.20. The standard InChI is InChI=1S/C19H25P.ClH/c1-13-7-14(2)10-17(9-13)19(5-6-20)18-11-15(3)8-16(4)12-18;/h7-12,19H,5-6,20H2,1-4H3;1H. The van der Waals surface area contributed by atoms with Crippen LogP contribution in [0.15, 0.2) is 36.4 Å². The summed E-state index contributed by atoms with van der Waals surface area (Å²) < 4.78 is 0. The SMILES string of the molecule is Cc1cc(C)cc(C(CCP)c2cc(C)cc(C)c2)c1.Cl. The minimum atomic E-state index is 0. The zero-order valence-corrected chi connectivity index (χ0v) is 15.4. The second-order valence-electron chi connectivity index (χ2n) is 5.97. The number of hydrogen-bond acceptors (Lipinski definition) is 0. The molecule has 2 aromatic rings. The van der Waals surface area contributed by atoms with Crippen LogP contribution in [0, 0.1) is 27.7 Å². The van der Waals surface area contributed by atoms with E-state index in [0.717, 1.165) is 6.16 Å². The largest absolute Gasteiger partial charge is 0.147 e. The van der Waals surface area contributed by atoms with Gasteiger partial charge in [-0.05, 0) is 51.4 Å². The molecule has 1 atom stereocenters. The van der Waals surface area contributed by atoms with Crippen molar-refractivity contribution in [3.8, 4) is 0 Å². The Bertz CT molecular complexity index is 513. The fourth-order valence-electron chi connectivity index (χ4n) is 3.11. The van der Waals surface area contributed by atoms with Crippen molar-refractivity contribution in [3.05, 3.63) is 69.8 Å². The normalized spacial score (nSPS) is 10.6. The van der Waals surface area contributed by atoms with Gasteiger partial charge in [0.05, 0.1) is 0 Å². The van der Waals surface area contributed by atoms with Crippen molar-refractivity contribution < 1.29 is 0 Å². The Balaban J connectivity index is 0.00000220. The summed E-state index contributed by atoms with van der Waals surface area (Å²) in [7, 11) is 2.87. The molecule has 0 fully saturated rings. The van der Waals surface area contributed by atoms with Crippen LogP contribution in [0.1, 0.15) is 45.7 Å². The maximum absolute atomic E-state index is 2.87. The Kier molecular flexibility index (Phi) is 6.91. The molecule has 0 amide bonds. The lowest BCUT2D eigenvalue weighted by Crippen LogP contribution is -2.04. The van der Waals surface area contributed by atoms with Crippen molar-refractivity contribution in [1.29, 1.82) is 0 Å². The van der Waals surface area contributed by atoms with Crippen molar-refractivity contribution >= 4 is 21.6 Å². The van der Waals surface area contributed by atoms with E-state index in [2.05, 4.69) is 73.3 Å². The molecule has 0 aliphatic heterocycles. The van der Waals surface area contributed by atoms with Gasteiger partial charge in [0.2, 0.25) is 0 Å². The van der Waals surface area contributed by atoms with Gasteiger partial charge in [-0.2, -0.15) is 0 Å². The number of aryl methyl sites for hydroxylation is 4. The van der Waals surface area contributed by atoms with Crippen LogP contribution in [0.5, 0.6) is 0 Å². The van der Waals surface area contributed by atoms with E-state index >= 15 is 0 Å². The molecule has 0 bridgehead atoms. The first-order valence-corrected chi connectivity index (χ1v) is 8.17. The van der Waals surface area contributed by atoms with Gasteiger partial charge in [-0.1, -0.05) is 58.7 Å². The first kappa shape index (κ1) is 18.2. The van der Waals surface area contributed by atoms with Gasteiger partial charge >= 0.3 is 0 Å². The molecule has 0 aliphatic carbocycles. The number of rotatable bonds is 4. The third kappa shape index (κ3) is 4.83. The van der Waals surface area contributed by atoms with E-state index in [-0.39, 0.29) is 12.4 Å². The van der Waals surface area contributed by atoms with Crippen LogP contribution in [-0.2, 0) is 0 Å². The Morgan fingerprint density at radius 1 is 0.714 bits per heavy atom. The number of hydrogen-bond donors (Lipinski definition) is 0. The van der Waals surface area contributed by atoms with Crippen LogP contribution < -0.4 is 0 Å². The van der Waals surface area contributed by atoms with Gasteiger partial charge in [0.25, 0.3) is 0 Å². The molecule has 0 spiro atoms. The third-order valence-electron chi connectivity index (χ3n) is 3.75. The Morgan fingerprint density at radius 2 is 1.05 bits per heavy atom. The van der Waals surface area contributed by atoms with Crippen LogP contribution in [0.25, 0.3) is 0 Å². The zero-order chi connectivity index (χ0) is 14.7. The van der Waals surface area contributed by atoms with E-state index in [1.165, 1.54) is 39.8 Å². The molecule has 0 saturated heterocycles. The van der Waals surface area contributed by atoms with Crippen LogP contribution in [0.3, 0.4) is 0 Å². The van der Waals surface area contributed by atoms with Gasteiger partial charge in [-0.25, -0.2) is 0 Å². The zero-order valence-electron chi connectivity index (χ0n) is 13.4. The van der Waals surface area contributed by atoms with Gasteiger partial charge in [0, 0.05) is 5.92 Å². The summed E-state index contributed by atoms with van der Waals surface area (Å²) in [6.45, 7) is 8.76. The highest BCUT2D eigenvalue weighted by molar-refractivity contribution is 7.16. The molecule has 0 N–H and O–H groups in total. The van der Waals surface area contributed by atoms with E-state index in [0.29, 0.717) is 5.92 Å². The highest BCUT2D eigenvalue weighted by atomic mass is 35.5. The predicted octanol–water partition coefficient (Wildman–Crippen LogP) is 5.74. The Labute approximate surface area is 138 Å². The molecule has 1 unspecified atom stereocenters. The second-order valence-corrected chi connectivity index (χ2v) is 6.55. The summed E-state index contributed by atoms with van der Waals surface area (Å²) in [5.41, 5.74) is 8.34. The molecule has 2 aromatic carbocycles. The number of benzene rings is 2. The molecule has 114 valence electrons. The lowest BCUT2D eigenvalue weighted by atomic mass is 9.86. The van der Waals surface area contributed by atoms with E-state index < -0.39 is 0 Å². The maximum Gasteiger partial charge on any atom is 0.00929 e. The predicted molar refractivity (Wildman–Crippen MR) is 100 cm³/mol. The van der Waals surface area contributed by atoms with Crippen molar-refractivity contribution in [3.63, 3.8) is 0 Å². The van der Waals surface area contributed by atoms with Crippen molar-refractivity contribution in [2.45, 2.75) is 40.0 Å². The van der Waals surface area contributed by atoms with Crippen LogP contribution >= 0.6 is 21.6 Å². The average Bonchev–Trinajstić information content (AvgIpc) is 2.33. The van der Waals surface area contributed by atoms with E-state index in [4.69, 9.17) is 0 Å². The van der Waals surface area contributed by atoms with Crippen LogP contribution in [0.4, 0.5) is 0 Å². The molecule has 2 rings (SSSR count). The fourth-order valence-corrected chi connectivity index (χ4v) is 3.45. The first-order valence-electron chi connectivity index (χ1n) is 7.36. The Hall–Kier alpha value is -0.840. The summed E-state index contributed by atoms with van der Waals surface area (Å²) in [6, 6.07) is 13.9. The second kappa shape index (κ2) is 7.97. The van der Waals surface area contributed by atoms with Crippen molar-refractivity contribution in [1.82, 2.24) is 0 Å². The molecule has 0 aliphatic rings. The monoisotopic (exact) mass is 320 g/mol. The molecule has 2 heteroatoms. The summed E-state index contributed by atoms with van der Waals surface area (Å²) in [5, 5.41) is 0. The van der Waals surface area contributed by atoms with Crippen molar-refractivity contribution in [2.75, 3.05) is 6.16 Å². The Morgan fingerprint density at radius 3 is 1.33 bits per heavy atom. The molecular formula is C19H26ClP. The lowest BCUT2D eigenvalue weighted by molar-refractivity contribution is 0.781. The van der Waals surface area contributed by atoms with E-state index in [9.17, 15) is 0 Å². The molecule has 0 radical (unpaired) electrons. The summed E-state index contributed by atoms with van der Waals surface area (Å²) in [5.74, 6) is 0.504. The van der Waals surface area contributed by atoms with E-state index in [1.807, 2.05) is 0 Å². The third-order valence-corrected chi connectivity index (χ3v) is 4.08. The molecule has 0 nitrogen and oxygen atoms in total. The average molecular weight is 321 g/mol. The molecule has 0 heterocycles. The van der Waals surface area contributed by atoms with Crippen LogP contribution in [0.2, 0.25) is 0 Å². The highest BCUT2D eigenvalue weighted by Gasteiger charge is 2.14. The quantitative estimate of drug-likeness (QED) is 0.630. The van der Waals surface area contributed by atoms with Gasteiger partial charge in [0.1, 0.15) is 0 Å². The molecular weight excluding hydrogens is 295 g/mol. The molecule has 21 heavy (non-hydrogen) atoms. The van der Waals surface area contributed by atoms with E-state index in [1.54, 1.807) is 0 Å². The highest BCUT2D eigenvalue weighted by Crippen LogP contribution is 2.31. The van der Waals surface area contributed by atoms with Gasteiger partial charge in [-0.15, -0.1) is 21.6 Å². The maximum atomic E-state index is 2.87. The van der Waals surface area contributed by atoms with Crippen LogP contribution in [-0.4, -0.2) is 6.16 Å². The summed E-state index contributed by atoms with van der Waals surface area (Å²) in [4.78, 5) is 0. The smallest absolute Gasteiger partial charge is 0.00929 e. The minimum absolute atomic E-state index is 0. The molecule has 0 saturated carbocycles. The summed E-state index contributed by atoms with van der Waals surface area (Å²) >= 11 is 0. The van der Waals surface area contributed by atoms with Gasteiger partial charge in [-0.3, -0.25) is 0 Å². The van der Waals surface area contributed by atoms with Gasteiger partial charge in [0.15, 0.2) is 0 Å². The molecule has 0 aromatic heterocycles. The fraction of sp³-hybridized carbons (Fsp3) is 0.368. The number of halogens is 1. The topological polar surface area (TPSA) is 0 Å². The van der Waals surface area contributed by atoms with Gasteiger partial charge < -0.3 is 0 Å².